The van der Waals surface area contributed by atoms with E-state index in [1.165, 1.54) is 5.01 Å². The average Bonchev–Trinajstić information content (AvgIpc) is 2.60. The fourth-order valence-corrected chi connectivity index (χ4v) is 2.56. The zero-order valence-corrected chi connectivity index (χ0v) is 14.2. The number of carbonyl (C=O) groups excluding carboxylic acids is 2. The molecule has 2 aromatic rings. The molecule has 0 aliphatic rings. The molecular weight excluding hydrogens is 304 g/mol. The highest BCUT2D eigenvalue weighted by Gasteiger charge is 2.33. The molecule has 126 valence electrons. The summed E-state index contributed by atoms with van der Waals surface area (Å²) in [5.41, 5.74) is 1.82. The number of hydrazine groups is 1. The maximum absolute atomic E-state index is 12.7. The molecule has 0 aliphatic heterocycles. The zero-order chi connectivity index (χ0) is 17.5. The first kappa shape index (κ1) is 17.7. The molecule has 0 aromatic heterocycles. The van der Waals surface area contributed by atoms with Crippen molar-refractivity contribution in [3.8, 4) is 0 Å². The third kappa shape index (κ3) is 4.00. The van der Waals surface area contributed by atoms with Gasteiger partial charge in [-0.1, -0.05) is 60.7 Å². The topological polar surface area (TPSA) is 49.9 Å². The first-order valence-electron chi connectivity index (χ1n) is 7.83. The molecule has 0 aliphatic carbocycles. The second-order valence-electron chi connectivity index (χ2n) is 5.44. The summed E-state index contributed by atoms with van der Waals surface area (Å²) in [6.45, 7) is 1.84. The van der Waals surface area contributed by atoms with Crippen molar-refractivity contribution in [3.63, 3.8) is 0 Å². The van der Waals surface area contributed by atoms with Gasteiger partial charge in [0.15, 0.2) is 0 Å². The molecule has 0 bridgehead atoms. The van der Waals surface area contributed by atoms with Gasteiger partial charge in [0.2, 0.25) is 0 Å². The number of nitrogens with zero attached hydrogens (tertiary/aromatic N) is 2. The van der Waals surface area contributed by atoms with Gasteiger partial charge >= 0.3 is 11.9 Å². The van der Waals surface area contributed by atoms with Crippen LogP contribution in [-0.2, 0) is 14.3 Å². The van der Waals surface area contributed by atoms with Gasteiger partial charge in [0.25, 0.3) is 0 Å². The second kappa shape index (κ2) is 8.26. The van der Waals surface area contributed by atoms with Gasteiger partial charge in [0, 0.05) is 14.1 Å². The number of hydrogen-bond donors (Lipinski definition) is 0. The molecule has 0 spiro atoms. The minimum Gasteiger partial charge on any atom is -0.459 e. The van der Waals surface area contributed by atoms with Crippen LogP contribution in [0.15, 0.2) is 60.7 Å². The highest BCUT2D eigenvalue weighted by molar-refractivity contribution is 6.32. The van der Waals surface area contributed by atoms with Gasteiger partial charge in [-0.25, -0.2) is 9.80 Å². The largest absolute Gasteiger partial charge is 0.459 e. The monoisotopic (exact) mass is 326 g/mol. The van der Waals surface area contributed by atoms with E-state index in [0.29, 0.717) is 0 Å². The van der Waals surface area contributed by atoms with Crippen molar-refractivity contribution in [2.45, 2.75) is 13.0 Å². The van der Waals surface area contributed by atoms with Crippen molar-refractivity contribution in [2.24, 2.45) is 0 Å². The Balaban J connectivity index is 2.50. The molecule has 24 heavy (non-hydrogen) atoms. The summed E-state index contributed by atoms with van der Waals surface area (Å²) in [6, 6.07) is 18.8. The lowest BCUT2D eigenvalue weighted by molar-refractivity contribution is -0.169. The normalized spacial score (nSPS) is 10.7. The van der Waals surface area contributed by atoms with Crippen LogP contribution in [0.25, 0.3) is 0 Å². The summed E-state index contributed by atoms with van der Waals surface area (Å²) in [5, 5.41) is 3.03. The van der Waals surface area contributed by atoms with Gasteiger partial charge in [0.05, 0.1) is 12.6 Å². The quantitative estimate of drug-likeness (QED) is 0.481. The highest BCUT2D eigenvalue weighted by Crippen LogP contribution is 2.29. The lowest BCUT2D eigenvalue weighted by Crippen LogP contribution is -2.48. The van der Waals surface area contributed by atoms with Crippen LogP contribution >= 0.6 is 0 Å². The number of ether oxygens (including phenoxy) is 1. The summed E-state index contributed by atoms with van der Waals surface area (Å²) < 4.78 is 4.90. The van der Waals surface area contributed by atoms with Gasteiger partial charge in [-0.05, 0) is 18.1 Å². The standard InChI is InChI=1S/C19H22N2O3/c1-4-24-19(23)18(22)21(20(2)3)17(15-11-7-5-8-12-15)16-13-9-6-10-14-16/h5-14,17H,4H2,1-3H3. The third-order valence-corrected chi connectivity index (χ3v) is 3.56. The average molecular weight is 326 g/mol. The maximum Gasteiger partial charge on any atom is 0.398 e. The van der Waals surface area contributed by atoms with Crippen LogP contribution in [0.5, 0.6) is 0 Å². The Morgan fingerprint density at radius 2 is 1.38 bits per heavy atom. The van der Waals surface area contributed by atoms with E-state index in [9.17, 15) is 9.59 Å². The predicted molar refractivity (Wildman–Crippen MR) is 91.9 cm³/mol. The smallest absolute Gasteiger partial charge is 0.398 e. The second-order valence-corrected chi connectivity index (χ2v) is 5.44. The lowest BCUT2D eigenvalue weighted by atomic mass is 9.98. The van der Waals surface area contributed by atoms with Crippen molar-refractivity contribution in [1.82, 2.24) is 10.0 Å². The van der Waals surface area contributed by atoms with E-state index in [1.54, 1.807) is 26.0 Å². The lowest BCUT2D eigenvalue weighted by Gasteiger charge is -2.36. The van der Waals surface area contributed by atoms with Crippen LogP contribution in [0.2, 0.25) is 0 Å². The van der Waals surface area contributed by atoms with E-state index >= 15 is 0 Å². The van der Waals surface area contributed by atoms with Crippen LogP contribution in [0.4, 0.5) is 0 Å². The number of carbonyl (C=O) groups is 2. The molecule has 2 aromatic carbocycles. The Morgan fingerprint density at radius 3 is 1.75 bits per heavy atom. The van der Waals surface area contributed by atoms with Crippen molar-refractivity contribution >= 4 is 11.9 Å². The van der Waals surface area contributed by atoms with Crippen molar-refractivity contribution in [1.29, 1.82) is 0 Å². The first-order valence-corrected chi connectivity index (χ1v) is 7.83. The van der Waals surface area contributed by atoms with E-state index in [2.05, 4.69) is 0 Å². The number of benzene rings is 2. The summed E-state index contributed by atoms with van der Waals surface area (Å²) in [6.07, 6.45) is 0. The summed E-state index contributed by atoms with van der Waals surface area (Å²) in [5.74, 6) is -1.55. The van der Waals surface area contributed by atoms with Gasteiger partial charge in [0.1, 0.15) is 0 Å². The van der Waals surface area contributed by atoms with E-state index in [-0.39, 0.29) is 6.61 Å². The van der Waals surface area contributed by atoms with E-state index in [1.807, 2.05) is 60.7 Å². The molecule has 5 nitrogen and oxygen atoms in total. The minimum absolute atomic E-state index is 0.160. The number of amides is 1. The minimum atomic E-state index is -0.858. The van der Waals surface area contributed by atoms with Crippen LogP contribution in [0, 0.1) is 0 Å². The maximum atomic E-state index is 12.7. The molecule has 0 fully saturated rings. The number of rotatable bonds is 5. The van der Waals surface area contributed by atoms with E-state index in [0.717, 1.165) is 11.1 Å². The molecule has 2 rings (SSSR count). The Bertz CT molecular complexity index is 632. The molecular formula is C19H22N2O3. The summed E-state index contributed by atoms with van der Waals surface area (Å²) in [4.78, 5) is 24.7. The van der Waals surface area contributed by atoms with Crippen molar-refractivity contribution in [3.05, 3.63) is 71.8 Å². The van der Waals surface area contributed by atoms with Gasteiger partial charge in [-0.3, -0.25) is 9.80 Å². The van der Waals surface area contributed by atoms with Crippen LogP contribution in [-0.4, -0.2) is 42.6 Å². The fourth-order valence-electron chi connectivity index (χ4n) is 2.56. The first-order chi connectivity index (χ1) is 11.6. The highest BCUT2D eigenvalue weighted by atomic mass is 16.5. The molecule has 0 unspecified atom stereocenters. The molecule has 0 saturated carbocycles. The Labute approximate surface area is 142 Å². The van der Waals surface area contributed by atoms with Crippen LogP contribution in [0.3, 0.4) is 0 Å². The summed E-state index contributed by atoms with van der Waals surface area (Å²) in [7, 11) is 3.46. The molecule has 0 saturated heterocycles. The van der Waals surface area contributed by atoms with Crippen LogP contribution < -0.4 is 0 Å². The van der Waals surface area contributed by atoms with Crippen molar-refractivity contribution < 1.29 is 14.3 Å². The molecule has 0 N–H and O–H groups in total. The fraction of sp³-hybridized carbons (Fsp3) is 0.263. The number of esters is 1. The molecule has 0 atom stereocenters. The third-order valence-electron chi connectivity index (χ3n) is 3.56. The summed E-state index contributed by atoms with van der Waals surface area (Å²) >= 11 is 0. The van der Waals surface area contributed by atoms with Gasteiger partial charge in [-0.15, -0.1) is 0 Å². The zero-order valence-electron chi connectivity index (χ0n) is 14.2. The van der Waals surface area contributed by atoms with Crippen molar-refractivity contribution in [2.75, 3.05) is 20.7 Å². The Kier molecular flexibility index (Phi) is 6.09. The van der Waals surface area contributed by atoms with Crippen LogP contribution in [0.1, 0.15) is 24.1 Å². The van der Waals surface area contributed by atoms with E-state index in [4.69, 9.17) is 4.74 Å². The molecule has 1 amide bonds. The van der Waals surface area contributed by atoms with Gasteiger partial charge < -0.3 is 4.74 Å². The Morgan fingerprint density at radius 1 is 0.917 bits per heavy atom. The SMILES string of the molecule is CCOC(=O)C(=O)N(C(c1ccccc1)c1ccccc1)N(C)C. The Hall–Kier alpha value is -2.66. The molecule has 0 radical (unpaired) electrons. The van der Waals surface area contributed by atoms with Gasteiger partial charge in [-0.2, -0.15) is 0 Å². The molecule has 5 heteroatoms. The predicted octanol–water partition coefficient (Wildman–Crippen LogP) is 2.64. The molecule has 0 heterocycles. The number of hydrogen-bond acceptors (Lipinski definition) is 4. The van der Waals surface area contributed by atoms with E-state index < -0.39 is 17.9 Å².